The normalized spacial score (nSPS) is 22.6. The van der Waals surface area contributed by atoms with Crippen LogP contribution in [0, 0.1) is 0 Å². The van der Waals surface area contributed by atoms with Crippen LogP contribution in [0.1, 0.15) is 27.9 Å². The largest absolute Gasteiger partial charge is 0.456 e. The Morgan fingerprint density at radius 1 is 0.848 bits per heavy atom. The van der Waals surface area contributed by atoms with E-state index >= 15 is 0 Å². The molecule has 3 unspecified atom stereocenters. The predicted molar refractivity (Wildman–Crippen MR) is 122 cm³/mol. The maximum absolute atomic E-state index is 12.7. The summed E-state index contributed by atoms with van der Waals surface area (Å²) in [5.74, 6) is -0.466. The first kappa shape index (κ1) is 23.1. The molecule has 6 nitrogen and oxygen atoms in total. The summed E-state index contributed by atoms with van der Waals surface area (Å²) in [4.78, 5) is 12.7. The molecule has 0 aliphatic carbocycles. The van der Waals surface area contributed by atoms with E-state index in [9.17, 15) is 9.90 Å². The number of carbonyl (C=O) groups excluding carboxylic acids is 1. The zero-order chi connectivity index (χ0) is 22.9. The van der Waals surface area contributed by atoms with Gasteiger partial charge < -0.3 is 24.1 Å². The third kappa shape index (κ3) is 6.73. The predicted octanol–water partition coefficient (Wildman–Crippen LogP) is 4.12. The minimum absolute atomic E-state index is 0.261. The summed E-state index contributed by atoms with van der Waals surface area (Å²) in [6, 6.07) is 28.2. The zero-order valence-electron chi connectivity index (χ0n) is 18.3. The number of esters is 1. The number of hydrogen-bond donors (Lipinski definition) is 1. The molecule has 1 aliphatic rings. The van der Waals surface area contributed by atoms with Crippen LogP contribution in [0.3, 0.4) is 0 Å². The lowest BCUT2D eigenvalue weighted by Gasteiger charge is -2.38. The molecule has 0 saturated carbocycles. The van der Waals surface area contributed by atoms with Gasteiger partial charge >= 0.3 is 5.97 Å². The molecule has 1 fully saturated rings. The molecule has 1 aliphatic heterocycles. The molecule has 4 rings (SSSR count). The summed E-state index contributed by atoms with van der Waals surface area (Å²) in [6.45, 7) is 0.955. The molecule has 0 amide bonds. The SMILES string of the molecule is O=C(OC1C[C@@H](COCc2ccccc2)OC(O)C1OCc1ccccc1)c1ccccc1. The van der Waals surface area contributed by atoms with Crippen LogP contribution >= 0.6 is 0 Å². The molecule has 4 atom stereocenters. The molecule has 0 spiro atoms. The van der Waals surface area contributed by atoms with E-state index in [1.165, 1.54) is 0 Å². The van der Waals surface area contributed by atoms with Crippen molar-refractivity contribution in [3.8, 4) is 0 Å². The first-order valence-electron chi connectivity index (χ1n) is 11.1. The van der Waals surface area contributed by atoms with Crippen molar-refractivity contribution in [2.45, 2.75) is 44.2 Å². The molecule has 172 valence electrons. The Balaban J connectivity index is 1.40. The van der Waals surface area contributed by atoms with Crippen LogP contribution in [0.5, 0.6) is 0 Å². The maximum Gasteiger partial charge on any atom is 0.338 e. The number of hydrogen-bond acceptors (Lipinski definition) is 6. The van der Waals surface area contributed by atoms with Gasteiger partial charge in [0.25, 0.3) is 0 Å². The van der Waals surface area contributed by atoms with E-state index in [2.05, 4.69) is 0 Å². The first-order valence-corrected chi connectivity index (χ1v) is 11.1. The number of rotatable bonds is 9. The van der Waals surface area contributed by atoms with Crippen LogP contribution < -0.4 is 0 Å². The molecule has 0 aromatic heterocycles. The Morgan fingerprint density at radius 3 is 2.06 bits per heavy atom. The van der Waals surface area contributed by atoms with Gasteiger partial charge in [-0.3, -0.25) is 0 Å². The molecule has 6 heteroatoms. The summed E-state index contributed by atoms with van der Waals surface area (Å²) in [5.41, 5.74) is 2.44. The van der Waals surface area contributed by atoms with Gasteiger partial charge in [0, 0.05) is 6.42 Å². The second-order valence-corrected chi connectivity index (χ2v) is 7.96. The third-order valence-electron chi connectivity index (χ3n) is 5.44. The highest BCUT2D eigenvalue weighted by atomic mass is 16.7. The third-order valence-corrected chi connectivity index (χ3v) is 5.44. The van der Waals surface area contributed by atoms with Crippen molar-refractivity contribution in [1.82, 2.24) is 0 Å². The van der Waals surface area contributed by atoms with Gasteiger partial charge in [-0.15, -0.1) is 0 Å². The van der Waals surface area contributed by atoms with Crippen LogP contribution in [0.15, 0.2) is 91.0 Å². The second kappa shape index (κ2) is 11.7. The number of carbonyl (C=O) groups is 1. The molecule has 1 saturated heterocycles. The fraction of sp³-hybridized carbons (Fsp3) is 0.296. The molecule has 33 heavy (non-hydrogen) atoms. The Bertz CT molecular complexity index is 979. The molecule has 3 aromatic rings. The van der Waals surface area contributed by atoms with E-state index in [1.807, 2.05) is 66.7 Å². The lowest BCUT2D eigenvalue weighted by Crippen LogP contribution is -2.52. The highest BCUT2D eigenvalue weighted by Crippen LogP contribution is 2.26. The van der Waals surface area contributed by atoms with E-state index in [-0.39, 0.29) is 13.2 Å². The van der Waals surface area contributed by atoms with E-state index in [4.69, 9.17) is 18.9 Å². The van der Waals surface area contributed by atoms with Crippen molar-refractivity contribution in [2.75, 3.05) is 6.61 Å². The molecular formula is C27H28O6. The van der Waals surface area contributed by atoms with Gasteiger partial charge in [0.05, 0.1) is 31.5 Å². The summed E-state index contributed by atoms with van der Waals surface area (Å²) in [7, 11) is 0. The Morgan fingerprint density at radius 2 is 1.42 bits per heavy atom. The van der Waals surface area contributed by atoms with Gasteiger partial charge in [0.1, 0.15) is 12.2 Å². The monoisotopic (exact) mass is 448 g/mol. The molecule has 1 heterocycles. The minimum Gasteiger partial charge on any atom is -0.456 e. The first-order chi connectivity index (χ1) is 16.2. The van der Waals surface area contributed by atoms with Crippen molar-refractivity contribution in [3.05, 3.63) is 108 Å². The number of aliphatic hydroxyl groups excluding tert-OH is 1. The van der Waals surface area contributed by atoms with E-state index in [0.717, 1.165) is 11.1 Å². The van der Waals surface area contributed by atoms with Gasteiger partial charge in [-0.1, -0.05) is 78.9 Å². The van der Waals surface area contributed by atoms with Crippen molar-refractivity contribution >= 4 is 5.97 Å². The van der Waals surface area contributed by atoms with Gasteiger partial charge in [0.2, 0.25) is 0 Å². The average Bonchev–Trinajstić information content (AvgIpc) is 2.85. The summed E-state index contributed by atoms with van der Waals surface area (Å²) >= 11 is 0. The van der Waals surface area contributed by atoms with Crippen LogP contribution in [0.2, 0.25) is 0 Å². The Kier molecular flexibility index (Phi) is 8.22. The zero-order valence-corrected chi connectivity index (χ0v) is 18.3. The van der Waals surface area contributed by atoms with Gasteiger partial charge in [-0.25, -0.2) is 4.79 Å². The van der Waals surface area contributed by atoms with Crippen molar-refractivity contribution in [3.63, 3.8) is 0 Å². The fourth-order valence-electron chi connectivity index (χ4n) is 3.75. The summed E-state index contributed by atoms with van der Waals surface area (Å²) in [6.07, 6.45) is -2.84. The molecule has 0 radical (unpaired) electrons. The van der Waals surface area contributed by atoms with Crippen molar-refractivity contribution in [2.24, 2.45) is 0 Å². The highest BCUT2D eigenvalue weighted by Gasteiger charge is 2.41. The average molecular weight is 449 g/mol. The second-order valence-electron chi connectivity index (χ2n) is 7.96. The van der Waals surface area contributed by atoms with Crippen LogP contribution in [-0.2, 0) is 32.2 Å². The van der Waals surface area contributed by atoms with E-state index in [1.54, 1.807) is 24.3 Å². The number of ether oxygens (including phenoxy) is 4. The van der Waals surface area contributed by atoms with Gasteiger partial charge in [-0.05, 0) is 23.3 Å². The molecule has 1 N–H and O–H groups in total. The number of benzene rings is 3. The van der Waals surface area contributed by atoms with E-state index < -0.39 is 30.6 Å². The minimum atomic E-state index is -1.25. The Hall–Kier alpha value is -3.03. The topological polar surface area (TPSA) is 74.2 Å². The molecule has 0 bridgehead atoms. The quantitative estimate of drug-likeness (QED) is 0.497. The summed E-state index contributed by atoms with van der Waals surface area (Å²) < 4.78 is 23.3. The maximum atomic E-state index is 12.7. The van der Waals surface area contributed by atoms with Crippen LogP contribution in [0.25, 0.3) is 0 Å². The van der Waals surface area contributed by atoms with Crippen molar-refractivity contribution in [1.29, 1.82) is 0 Å². The number of aliphatic hydroxyl groups is 1. The lowest BCUT2D eigenvalue weighted by atomic mass is 10.0. The lowest BCUT2D eigenvalue weighted by molar-refractivity contribution is -0.268. The van der Waals surface area contributed by atoms with Crippen molar-refractivity contribution < 1.29 is 28.8 Å². The van der Waals surface area contributed by atoms with Gasteiger partial charge in [-0.2, -0.15) is 0 Å². The fourth-order valence-corrected chi connectivity index (χ4v) is 3.75. The highest BCUT2D eigenvalue weighted by molar-refractivity contribution is 5.89. The summed E-state index contributed by atoms with van der Waals surface area (Å²) in [5, 5.41) is 10.7. The molecular weight excluding hydrogens is 420 g/mol. The van der Waals surface area contributed by atoms with Crippen LogP contribution in [-0.4, -0.2) is 42.3 Å². The molecule has 3 aromatic carbocycles. The van der Waals surface area contributed by atoms with Crippen LogP contribution in [0.4, 0.5) is 0 Å². The standard InChI is InChI=1S/C27H28O6/c28-26(22-14-8-3-9-15-22)33-24-16-23(19-30-17-20-10-4-1-5-11-20)32-27(29)25(24)31-18-21-12-6-2-7-13-21/h1-15,23-25,27,29H,16-19H2/t23-,24?,25?,27?/m0/s1. The van der Waals surface area contributed by atoms with Gasteiger partial charge in [0.15, 0.2) is 6.29 Å². The Labute approximate surface area is 193 Å². The smallest absolute Gasteiger partial charge is 0.338 e. The van der Waals surface area contributed by atoms with E-state index in [0.29, 0.717) is 18.6 Å².